The summed E-state index contributed by atoms with van der Waals surface area (Å²) in [5, 5.41) is 3.56. The molecule has 1 aliphatic rings. The number of nitrogens with zero attached hydrogens (tertiary/aromatic N) is 1. The van der Waals surface area contributed by atoms with E-state index in [-0.39, 0.29) is 0 Å². The van der Waals surface area contributed by atoms with E-state index in [1.54, 1.807) is 0 Å². The lowest BCUT2D eigenvalue weighted by atomic mass is 10.1. The van der Waals surface area contributed by atoms with Crippen LogP contribution >= 0.6 is 0 Å². The van der Waals surface area contributed by atoms with Crippen molar-refractivity contribution in [3.63, 3.8) is 0 Å². The quantitative estimate of drug-likeness (QED) is 0.826. The molecule has 1 fully saturated rings. The molecule has 16 heavy (non-hydrogen) atoms. The van der Waals surface area contributed by atoms with E-state index in [4.69, 9.17) is 4.74 Å². The van der Waals surface area contributed by atoms with Crippen LogP contribution in [0.15, 0.2) is 18.5 Å². The monoisotopic (exact) mass is 222 g/mol. The molecular weight excluding hydrogens is 200 g/mol. The molecule has 1 aromatic rings. The second-order valence-corrected chi connectivity index (χ2v) is 4.61. The Hall–Kier alpha value is -0.800. The summed E-state index contributed by atoms with van der Waals surface area (Å²) >= 11 is 0. The molecule has 0 aliphatic carbocycles. The van der Waals surface area contributed by atoms with Gasteiger partial charge < -0.3 is 14.6 Å². The average Bonchev–Trinajstić information content (AvgIpc) is 2.86. The summed E-state index contributed by atoms with van der Waals surface area (Å²) in [7, 11) is 0. The van der Waals surface area contributed by atoms with Crippen LogP contribution in [0.4, 0.5) is 0 Å². The Morgan fingerprint density at radius 1 is 1.56 bits per heavy atom. The van der Waals surface area contributed by atoms with Gasteiger partial charge in [-0.05, 0) is 31.4 Å². The molecule has 1 N–H and O–H groups in total. The fourth-order valence-electron chi connectivity index (χ4n) is 2.24. The first-order valence-corrected chi connectivity index (χ1v) is 6.29. The predicted octanol–water partition coefficient (Wildman–Crippen LogP) is 2.17. The van der Waals surface area contributed by atoms with Crippen LogP contribution in [0, 0.1) is 0 Å². The zero-order valence-electron chi connectivity index (χ0n) is 10.3. The molecule has 0 amide bonds. The molecular formula is C13H22N2O. The van der Waals surface area contributed by atoms with Crippen LogP contribution in [0.5, 0.6) is 0 Å². The summed E-state index contributed by atoms with van der Waals surface area (Å²) in [6, 6.07) is 2.72. The van der Waals surface area contributed by atoms with E-state index in [2.05, 4.69) is 42.2 Å². The predicted molar refractivity (Wildman–Crippen MR) is 65.4 cm³/mol. The van der Waals surface area contributed by atoms with Crippen molar-refractivity contribution in [3.8, 4) is 0 Å². The first kappa shape index (κ1) is 11.7. The zero-order chi connectivity index (χ0) is 11.4. The van der Waals surface area contributed by atoms with E-state index in [9.17, 15) is 0 Å². The van der Waals surface area contributed by atoms with Gasteiger partial charge in [-0.3, -0.25) is 0 Å². The largest absolute Gasteiger partial charge is 0.377 e. The van der Waals surface area contributed by atoms with Gasteiger partial charge >= 0.3 is 0 Å². The van der Waals surface area contributed by atoms with Crippen molar-refractivity contribution in [1.82, 2.24) is 9.88 Å². The highest BCUT2D eigenvalue weighted by molar-refractivity contribution is 5.10. The molecule has 0 saturated carbocycles. The number of hydrogen-bond acceptors (Lipinski definition) is 2. The van der Waals surface area contributed by atoms with Crippen molar-refractivity contribution in [2.24, 2.45) is 0 Å². The number of aryl methyl sites for hydroxylation is 1. The lowest BCUT2D eigenvalue weighted by Gasteiger charge is -2.15. The molecule has 3 nitrogen and oxygen atoms in total. The standard InChI is InChI=1S/C13H22N2O/c1-3-6-15-7-4-12(10-15)9-14-13-5-8-16-11(13)2/h4,7,10-11,13-14H,3,5-6,8-9H2,1-2H3. The minimum Gasteiger partial charge on any atom is -0.377 e. The van der Waals surface area contributed by atoms with Crippen molar-refractivity contribution in [2.75, 3.05) is 6.61 Å². The molecule has 0 radical (unpaired) electrons. The van der Waals surface area contributed by atoms with Crippen LogP contribution in [0.3, 0.4) is 0 Å². The summed E-state index contributed by atoms with van der Waals surface area (Å²) in [4.78, 5) is 0. The topological polar surface area (TPSA) is 26.2 Å². The van der Waals surface area contributed by atoms with E-state index >= 15 is 0 Å². The van der Waals surface area contributed by atoms with E-state index < -0.39 is 0 Å². The van der Waals surface area contributed by atoms with E-state index in [0.717, 1.165) is 26.1 Å². The van der Waals surface area contributed by atoms with Gasteiger partial charge in [-0.1, -0.05) is 6.92 Å². The average molecular weight is 222 g/mol. The van der Waals surface area contributed by atoms with Crippen molar-refractivity contribution >= 4 is 0 Å². The van der Waals surface area contributed by atoms with Crippen molar-refractivity contribution in [2.45, 2.75) is 51.9 Å². The van der Waals surface area contributed by atoms with Gasteiger partial charge in [0.1, 0.15) is 0 Å². The SMILES string of the molecule is CCCn1ccc(CNC2CCOC2C)c1. The van der Waals surface area contributed by atoms with Gasteiger partial charge in [0.2, 0.25) is 0 Å². The van der Waals surface area contributed by atoms with Crippen LogP contribution in [-0.4, -0.2) is 23.3 Å². The van der Waals surface area contributed by atoms with Crippen LogP contribution < -0.4 is 5.32 Å². The van der Waals surface area contributed by atoms with Gasteiger partial charge in [0.05, 0.1) is 6.10 Å². The van der Waals surface area contributed by atoms with Crippen LogP contribution in [-0.2, 0) is 17.8 Å². The van der Waals surface area contributed by atoms with Crippen molar-refractivity contribution in [1.29, 1.82) is 0 Å². The van der Waals surface area contributed by atoms with Crippen molar-refractivity contribution in [3.05, 3.63) is 24.0 Å². The second kappa shape index (κ2) is 5.51. The van der Waals surface area contributed by atoms with Gasteiger partial charge in [0.25, 0.3) is 0 Å². The summed E-state index contributed by atoms with van der Waals surface area (Å²) in [6.45, 7) is 7.32. The van der Waals surface area contributed by atoms with Gasteiger partial charge in [-0.15, -0.1) is 0 Å². The highest BCUT2D eigenvalue weighted by atomic mass is 16.5. The molecule has 0 bridgehead atoms. The molecule has 90 valence electrons. The summed E-state index contributed by atoms with van der Waals surface area (Å²) < 4.78 is 7.79. The Morgan fingerprint density at radius 3 is 3.12 bits per heavy atom. The van der Waals surface area contributed by atoms with E-state index in [1.807, 2.05) is 0 Å². The fourth-order valence-corrected chi connectivity index (χ4v) is 2.24. The smallest absolute Gasteiger partial charge is 0.0700 e. The minimum absolute atomic E-state index is 0.359. The summed E-state index contributed by atoms with van der Waals surface area (Å²) in [6.07, 6.45) is 7.08. The number of aromatic nitrogens is 1. The lowest BCUT2D eigenvalue weighted by molar-refractivity contribution is 0.113. The molecule has 0 aromatic carbocycles. The van der Waals surface area contributed by atoms with Crippen molar-refractivity contribution < 1.29 is 4.74 Å². The Labute approximate surface area is 97.8 Å². The number of rotatable bonds is 5. The molecule has 2 unspecified atom stereocenters. The third-order valence-corrected chi connectivity index (χ3v) is 3.24. The maximum Gasteiger partial charge on any atom is 0.0700 e. The minimum atomic E-state index is 0.359. The third-order valence-electron chi connectivity index (χ3n) is 3.24. The Kier molecular flexibility index (Phi) is 4.02. The number of nitrogens with one attached hydrogen (secondary N) is 1. The fraction of sp³-hybridized carbons (Fsp3) is 0.692. The van der Waals surface area contributed by atoms with Gasteiger partial charge in [0.15, 0.2) is 0 Å². The highest BCUT2D eigenvalue weighted by Gasteiger charge is 2.23. The molecule has 0 spiro atoms. The Bertz CT molecular complexity index is 321. The van der Waals surface area contributed by atoms with Crippen LogP contribution in [0.2, 0.25) is 0 Å². The van der Waals surface area contributed by atoms with Crippen LogP contribution in [0.1, 0.15) is 32.3 Å². The number of ether oxygens (including phenoxy) is 1. The molecule has 2 rings (SSSR count). The summed E-state index contributed by atoms with van der Waals surface area (Å²) in [5.74, 6) is 0. The normalized spacial score (nSPS) is 25.1. The Balaban J connectivity index is 1.80. The first-order chi connectivity index (χ1) is 7.79. The summed E-state index contributed by atoms with van der Waals surface area (Å²) in [5.41, 5.74) is 1.37. The molecule has 2 atom stereocenters. The van der Waals surface area contributed by atoms with E-state index in [0.29, 0.717) is 12.1 Å². The molecule has 1 aromatic heterocycles. The van der Waals surface area contributed by atoms with E-state index in [1.165, 1.54) is 12.0 Å². The van der Waals surface area contributed by atoms with Gasteiger partial charge in [-0.25, -0.2) is 0 Å². The highest BCUT2D eigenvalue weighted by Crippen LogP contribution is 2.13. The third kappa shape index (κ3) is 2.86. The number of hydrogen-bond donors (Lipinski definition) is 1. The van der Waals surface area contributed by atoms with Crippen LogP contribution in [0.25, 0.3) is 0 Å². The van der Waals surface area contributed by atoms with Gasteiger partial charge in [-0.2, -0.15) is 0 Å². The zero-order valence-corrected chi connectivity index (χ0v) is 10.3. The molecule has 3 heteroatoms. The second-order valence-electron chi connectivity index (χ2n) is 4.61. The maximum atomic E-state index is 5.53. The first-order valence-electron chi connectivity index (χ1n) is 6.29. The molecule has 1 saturated heterocycles. The van der Waals surface area contributed by atoms with Gasteiger partial charge in [0, 0.05) is 38.1 Å². The Morgan fingerprint density at radius 2 is 2.44 bits per heavy atom. The lowest BCUT2D eigenvalue weighted by Crippen LogP contribution is -2.34. The maximum absolute atomic E-state index is 5.53. The molecule has 1 aliphatic heterocycles. The molecule has 2 heterocycles.